The molecule has 44 heavy (non-hydrogen) atoms. The van der Waals surface area contributed by atoms with Crippen LogP contribution in [-0.4, -0.2) is 34.0 Å². The van der Waals surface area contributed by atoms with Crippen LogP contribution in [0.5, 0.6) is 0 Å². The Balaban J connectivity index is 0.000000159. The summed E-state index contributed by atoms with van der Waals surface area (Å²) in [6, 6.07) is 13.2. The van der Waals surface area contributed by atoms with E-state index in [1.165, 1.54) is 35.3 Å². The summed E-state index contributed by atoms with van der Waals surface area (Å²) >= 11 is 6.27. The molecule has 0 bridgehead atoms. The van der Waals surface area contributed by atoms with E-state index >= 15 is 0 Å². The summed E-state index contributed by atoms with van der Waals surface area (Å²) in [6.45, 7) is 11.0. The number of aromatic nitrogens is 2. The van der Waals surface area contributed by atoms with Gasteiger partial charge in [0.15, 0.2) is 0 Å². The van der Waals surface area contributed by atoms with Gasteiger partial charge in [-0.3, -0.25) is 9.59 Å². The fourth-order valence-corrected chi connectivity index (χ4v) is 6.96. The number of benzene rings is 3. The van der Waals surface area contributed by atoms with E-state index in [-0.39, 0.29) is 23.4 Å². The van der Waals surface area contributed by atoms with E-state index in [2.05, 4.69) is 29.0 Å². The van der Waals surface area contributed by atoms with Crippen molar-refractivity contribution in [2.45, 2.75) is 53.6 Å². The Labute approximate surface area is 260 Å². The Bertz CT molecular complexity index is 1940. The first-order valence-corrected chi connectivity index (χ1v) is 15.3. The molecule has 0 aliphatic carbocycles. The highest BCUT2D eigenvalue weighted by molar-refractivity contribution is 6.31. The smallest absolute Gasteiger partial charge is 0.268 e. The molecule has 2 aromatic heterocycles. The Kier molecular flexibility index (Phi) is 7.97. The largest absolute Gasteiger partial charge is 0.349 e. The Morgan fingerprint density at radius 1 is 0.773 bits per heavy atom. The molecule has 9 heteroatoms. The molecular formula is C35H35ClF2N4O2. The average molecular weight is 617 g/mol. The molecule has 3 aromatic carbocycles. The molecule has 228 valence electrons. The third kappa shape index (κ3) is 5.36. The second-order valence-corrected chi connectivity index (χ2v) is 12.5. The lowest BCUT2D eigenvalue weighted by atomic mass is 10.00. The molecule has 0 spiro atoms. The standard InChI is InChI=1S/C19H16F2N2O.C16H19ClN2O/c1-11-16-10-15(21)9-13(8-12-2-4-14(20)5-3-12)18(16)23-7-6-22-19(24)17(11)23;1-9(2)6-11-7-12(17)8-13-10(3)14-16(20)18-4-5-19(14)15(11)13/h2-5,9-10H,6-8H2,1H3,(H,22,24);7-9H,4-6H2,1-3H3,(H,18,20). The fourth-order valence-electron chi connectivity index (χ4n) is 6.72. The molecule has 5 aromatic rings. The van der Waals surface area contributed by atoms with E-state index in [4.69, 9.17) is 11.6 Å². The molecule has 0 atom stereocenters. The van der Waals surface area contributed by atoms with Gasteiger partial charge in [-0.15, -0.1) is 0 Å². The van der Waals surface area contributed by atoms with Gasteiger partial charge in [0, 0.05) is 42.0 Å². The lowest BCUT2D eigenvalue weighted by Gasteiger charge is -2.19. The Morgan fingerprint density at radius 2 is 1.32 bits per heavy atom. The van der Waals surface area contributed by atoms with Crippen molar-refractivity contribution in [2.24, 2.45) is 5.92 Å². The van der Waals surface area contributed by atoms with Gasteiger partial charge in [0.2, 0.25) is 0 Å². The van der Waals surface area contributed by atoms with Gasteiger partial charge in [-0.25, -0.2) is 8.78 Å². The highest BCUT2D eigenvalue weighted by Crippen LogP contribution is 2.34. The minimum Gasteiger partial charge on any atom is -0.349 e. The minimum atomic E-state index is -0.328. The molecule has 0 saturated carbocycles. The van der Waals surface area contributed by atoms with Crippen LogP contribution in [0.15, 0.2) is 48.5 Å². The first-order valence-electron chi connectivity index (χ1n) is 15.0. The Hall–Kier alpha value is -4.17. The molecule has 2 N–H and O–H groups in total. The number of nitrogens with one attached hydrogen (secondary N) is 2. The number of hydrogen-bond acceptors (Lipinski definition) is 2. The van der Waals surface area contributed by atoms with Crippen molar-refractivity contribution in [1.29, 1.82) is 0 Å². The summed E-state index contributed by atoms with van der Waals surface area (Å²) in [6.07, 6.45) is 1.46. The molecule has 0 radical (unpaired) electrons. The van der Waals surface area contributed by atoms with Gasteiger partial charge in [-0.05, 0) is 96.8 Å². The van der Waals surface area contributed by atoms with Crippen LogP contribution in [-0.2, 0) is 25.9 Å². The first-order chi connectivity index (χ1) is 21.0. The third-order valence-electron chi connectivity index (χ3n) is 8.51. The summed E-state index contributed by atoms with van der Waals surface area (Å²) in [5.74, 6) is -0.165. The van der Waals surface area contributed by atoms with E-state index < -0.39 is 0 Å². The predicted molar refractivity (Wildman–Crippen MR) is 171 cm³/mol. The zero-order valence-corrected chi connectivity index (χ0v) is 26.0. The maximum Gasteiger partial charge on any atom is 0.268 e. The molecule has 2 amide bonds. The van der Waals surface area contributed by atoms with E-state index in [1.807, 2.05) is 30.5 Å². The number of nitrogens with zero attached hydrogens (tertiary/aromatic N) is 2. The summed E-state index contributed by atoms with van der Waals surface area (Å²) in [4.78, 5) is 24.3. The highest BCUT2D eigenvalue weighted by Gasteiger charge is 2.26. The number of halogens is 3. The van der Waals surface area contributed by atoms with Crippen molar-refractivity contribution < 1.29 is 18.4 Å². The number of hydrogen-bond donors (Lipinski definition) is 2. The van der Waals surface area contributed by atoms with Gasteiger partial charge in [-0.1, -0.05) is 37.6 Å². The van der Waals surface area contributed by atoms with Gasteiger partial charge in [0.1, 0.15) is 23.0 Å². The lowest BCUT2D eigenvalue weighted by Crippen LogP contribution is -2.35. The number of amides is 2. The SMILES string of the molecule is Cc1c2n(c3c(CC(C)C)cc(Cl)cc13)CCNC2=O.Cc1c2n(c3c(Cc4ccc(F)cc4)cc(F)cc13)CCNC2=O. The van der Waals surface area contributed by atoms with Crippen molar-refractivity contribution >= 4 is 45.2 Å². The molecule has 0 saturated heterocycles. The normalized spacial score (nSPS) is 14.3. The number of carbonyl (C=O) groups excluding carboxylic acids is 2. The van der Waals surface area contributed by atoms with Crippen LogP contribution in [0.1, 0.15) is 62.6 Å². The molecular weight excluding hydrogens is 582 g/mol. The first kappa shape index (κ1) is 29.9. The van der Waals surface area contributed by atoms with E-state index in [1.54, 1.807) is 12.1 Å². The molecule has 6 nitrogen and oxygen atoms in total. The average Bonchev–Trinajstić information content (AvgIpc) is 3.42. The van der Waals surface area contributed by atoms with Crippen LogP contribution in [0, 0.1) is 31.4 Å². The van der Waals surface area contributed by atoms with Gasteiger partial charge in [0.05, 0.1) is 11.0 Å². The third-order valence-corrected chi connectivity index (χ3v) is 8.73. The monoisotopic (exact) mass is 616 g/mol. The second-order valence-electron chi connectivity index (χ2n) is 12.1. The molecule has 4 heterocycles. The zero-order chi connectivity index (χ0) is 31.3. The van der Waals surface area contributed by atoms with Crippen LogP contribution in [0.4, 0.5) is 8.78 Å². The van der Waals surface area contributed by atoms with Crippen LogP contribution < -0.4 is 10.6 Å². The molecule has 0 unspecified atom stereocenters. The lowest BCUT2D eigenvalue weighted by molar-refractivity contribution is 0.0920. The topological polar surface area (TPSA) is 68.1 Å². The van der Waals surface area contributed by atoms with Crippen molar-refractivity contribution in [2.75, 3.05) is 13.1 Å². The molecule has 7 rings (SSSR count). The number of carbonyl (C=O) groups is 2. The highest BCUT2D eigenvalue weighted by atomic mass is 35.5. The minimum absolute atomic E-state index is 0.0246. The van der Waals surface area contributed by atoms with Crippen molar-refractivity contribution in [3.63, 3.8) is 0 Å². The van der Waals surface area contributed by atoms with E-state index in [0.29, 0.717) is 37.7 Å². The van der Waals surface area contributed by atoms with Gasteiger partial charge >= 0.3 is 0 Å². The number of rotatable bonds is 4. The zero-order valence-electron chi connectivity index (χ0n) is 25.3. The van der Waals surface area contributed by atoms with E-state index in [9.17, 15) is 18.4 Å². The van der Waals surface area contributed by atoms with Crippen molar-refractivity contribution in [3.05, 3.63) is 104 Å². The summed E-state index contributed by atoms with van der Waals surface area (Å²) in [7, 11) is 0. The van der Waals surface area contributed by atoms with Gasteiger partial charge < -0.3 is 19.8 Å². The van der Waals surface area contributed by atoms with Gasteiger partial charge in [0.25, 0.3) is 11.8 Å². The fraction of sp³-hybridized carbons (Fsp3) is 0.314. The Morgan fingerprint density at radius 3 is 1.89 bits per heavy atom. The van der Waals surface area contributed by atoms with E-state index in [0.717, 1.165) is 62.2 Å². The number of fused-ring (bicyclic) bond motifs is 6. The maximum absolute atomic E-state index is 14.1. The number of aryl methyl sites for hydroxylation is 2. The molecule has 2 aliphatic heterocycles. The van der Waals surface area contributed by atoms with Crippen LogP contribution in [0.25, 0.3) is 21.8 Å². The van der Waals surface area contributed by atoms with Gasteiger partial charge in [-0.2, -0.15) is 0 Å². The molecule has 0 fully saturated rings. The summed E-state index contributed by atoms with van der Waals surface area (Å²) in [5.41, 5.74) is 8.24. The summed E-state index contributed by atoms with van der Waals surface area (Å²) in [5, 5.41) is 8.38. The maximum atomic E-state index is 14.1. The summed E-state index contributed by atoms with van der Waals surface area (Å²) < 4.78 is 31.4. The van der Waals surface area contributed by atoms with Crippen LogP contribution in [0.2, 0.25) is 5.02 Å². The molecule has 2 aliphatic rings. The quantitative estimate of drug-likeness (QED) is 0.226. The van der Waals surface area contributed by atoms with Crippen LogP contribution in [0.3, 0.4) is 0 Å². The van der Waals surface area contributed by atoms with Crippen molar-refractivity contribution in [3.8, 4) is 0 Å². The predicted octanol–water partition coefficient (Wildman–Crippen LogP) is 7.11. The van der Waals surface area contributed by atoms with Crippen LogP contribution >= 0.6 is 11.6 Å². The second kappa shape index (κ2) is 11.7. The van der Waals surface area contributed by atoms with Crippen molar-refractivity contribution in [1.82, 2.24) is 19.8 Å².